The number of aliphatic carboxylic acids is 1. The Morgan fingerprint density at radius 1 is 0.395 bits per heavy atom. The molecule has 9 heteroatoms. The molecule has 0 spiro atoms. The van der Waals surface area contributed by atoms with Crippen LogP contribution in [0.15, 0.2) is 36.5 Å². The Hall–Kier alpha value is -2.49. The molecule has 0 aliphatic carbocycles. The first kappa shape index (κ1) is 73.5. The lowest BCUT2D eigenvalue weighted by Gasteiger charge is -2.26. The summed E-state index contributed by atoms with van der Waals surface area (Å²) in [4.78, 5) is 37.2. The zero-order valence-corrected chi connectivity index (χ0v) is 50.9. The van der Waals surface area contributed by atoms with Crippen molar-refractivity contribution in [2.75, 3.05) is 47.5 Å². The second-order valence-corrected chi connectivity index (χ2v) is 23.4. The van der Waals surface area contributed by atoms with E-state index in [0.717, 1.165) is 64.2 Å². The number of hydrogen-bond donors (Lipinski definition) is 0. The first-order valence-corrected chi connectivity index (χ1v) is 32.6. The van der Waals surface area contributed by atoms with Gasteiger partial charge in [-0.15, -0.1) is 0 Å². The summed E-state index contributed by atoms with van der Waals surface area (Å²) in [5.74, 6) is -2.28. The van der Waals surface area contributed by atoms with Crippen molar-refractivity contribution < 1.29 is 42.9 Å². The molecule has 0 saturated heterocycles. The summed E-state index contributed by atoms with van der Waals surface area (Å²) in [5.41, 5.74) is 0. The van der Waals surface area contributed by atoms with Crippen LogP contribution in [0.4, 0.5) is 0 Å². The summed E-state index contributed by atoms with van der Waals surface area (Å²) in [6.45, 7) is 4.74. The Morgan fingerprint density at radius 3 is 1.08 bits per heavy atom. The SMILES string of the molecule is CCCCC/C=C\CCCCCCCC(=O)OCC(COC(OCC[N+](C)(C)C)C(=O)[O-])OC(=O)CCCCCCCCCCCCCCCCCCCCCCCCCCCCC/C=C\C/C=C\CCCCCCC. The molecule has 0 rings (SSSR count). The highest BCUT2D eigenvalue weighted by atomic mass is 16.7. The number of ether oxygens (including phenoxy) is 4. The molecular weight excluding hydrogens is 947 g/mol. The van der Waals surface area contributed by atoms with E-state index in [1.165, 1.54) is 225 Å². The first-order chi connectivity index (χ1) is 37.1. The van der Waals surface area contributed by atoms with E-state index in [2.05, 4.69) is 50.3 Å². The third-order valence-corrected chi connectivity index (χ3v) is 14.6. The van der Waals surface area contributed by atoms with E-state index in [1.54, 1.807) is 0 Å². The van der Waals surface area contributed by atoms with Crippen LogP contribution in [0.25, 0.3) is 0 Å². The monoisotopic (exact) mass is 1070 g/mol. The van der Waals surface area contributed by atoms with Crippen molar-refractivity contribution in [3.05, 3.63) is 36.5 Å². The molecule has 0 saturated carbocycles. The highest BCUT2D eigenvalue weighted by Crippen LogP contribution is 2.18. The smallest absolute Gasteiger partial charge is 0.306 e. The van der Waals surface area contributed by atoms with Crippen molar-refractivity contribution in [1.29, 1.82) is 0 Å². The van der Waals surface area contributed by atoms with Gasteiger partial charge in [-0.25, -0.2) is 0 Å². The molecule has 0 N–H and O–H groups in total. The van der Waals surface area contributed by atoms with E-state index in [9.17, 15) is 19.5 Å². The maximum Gasteiger partial charge on any atom is 0.306 e. The summed E-state index contributed by atoms with van der Waals surface area (Å²) in [7, 11) is 5.93. The average Bonchev–Trinajstić information content (AvgIpc) is 3.39. The van der Waals surface area contributed by atoms with Gasteiger partial charge in [0, 0.05) is 12.8 Å². The second kappa shape index (κ2) is 58.7. The van der Waals surface area contributed by atoms with E-state index < -0.39 is 24.3 Å². The predicted molar refractivity (Wildman–Crippen MR) is 320 cm³/mol. The molecule has 0 aliphatic rings. The molecule has 76 heavy (non-hydrogen) atoms. The second-order valence-electron chi connectivity index (χ2n) is 23.4. The van der Waals surface area contributed by atoms with Crippen LogP contribution in [0.5, 0.6) is 0 Å². The molecule has 0 amide bonds. The molecule has 0 aromatic rings. The van der Waals surface area contributed by atoms with Crippen LogP contribution in [0, 0.1) is 0 Å². The van der Waals surface area contributed by atoms with Crippen LogP contribution in [0.2, 0.25) is 0 Å². The van der Waals surface area contributed by atoms with Crippen LogP contribution in [0.3, 0.4) is 0 Å². The Morgan fingerprint density at radius 2 is 0.711 bits per heavy atom. The van der Waals surface area contributed by atoms with Crippen LogP contribution in [0.1, 0.15) is 316 Å². The van der Waals surface area contributed by atoms with Gasteiger partial charge in [-0.2, -0.15) is 0 Å². The van der Waals surface area contributed by atoms with Gasteiger partial charge in [-0.3, -0.25) is 9.59 Å². The standard InChI is InChI=1S/C67H125NO8/c1-6-8-10-12-14-16-18-20-21-22-23-24-25-26-27-28-29-30-31-32-33-34-35-36-37-38-39-40-41-42-43-44-45-46-48-50-52-54-56-58-65(70)76-63(62-75-67(66(71)72)73-60-59-68(3,4)5)61-74-64(69)57-55-53-51-49-47-19-17-15-13-11-9-7-2/h15,17-18,20,22-23,63,67H,6-14,16,19,21,24-62H2,1-5H3/b17-15-,20-18-,23-22-. The van der Waals surface area contributed by atoms with E-state index in [0.29, 0.717) is 11.0 Å². The summed E-state index contributed by atoms with van der Waals surface area (Å²) in [6.07, 6.45) is 69.6. The lowest BCUT2D eigenvalue weighted by molar-refractivity contribution is -0.870. The quantitative estimate of drug-likeness (QED) is 0.0195. The Labute approximate surface area is 470 Å². The van der Waals surface area contributed by atoms with Gasteiger partial charge in [0.15, 0.2) is 12.4 Å². The first-order valence-electron chi connectivity index (χ1n) is 32.6. The fourth-order valence-electron chi connectivity index (χ4n) is 9.56. The van der Waals surface area contributed by atoms with E-state index in [-0.39, 0.29) is 38.6 Å². The number of unbranched alkanes of at least 4 members (excludes halogenated alkanes) is 40. The van der Waals surface area contributed by atoms with Gasteiger partial charge in [0.05, 0.1) is 40.3 Å². The molecule has 0 aliphatic heterocycles. The van der Waals surface area contributed by atoms with Gasteiger partial charge in [0.1, 0.15) is 13.2 Å². The minimum absolute atomic E-state index is 0.149. The minimum Gasteiger partial charge on any atom is -0.545 e. The number of quaternary nitrogens is 1. The molecule has 446 valence electrons. The number of hydrogen-bond acceptors (Lipinski definition) is 8. The Kier molecular flexibility index (Phi) is 56.7. The van der Waals surface area contributed by atoms with Gasteiger partial charge >= 0.3 is 11.9 Å². The Balaban J connectivity index is 3.90. The van der Waals surface area contributed by atoms with Gasteiger partial charge in [0.25, 0.3) is 0 Å². The number of nitrogens with zero attached hydrogens (tertiary/aromatic N) is 1. The number of carbonyl (C=O) groups is 3. The molecular formula is C67H125NO8. The zero-order valence-electron chi connectivity index (χ0n) is 50.9. The van der Waals surface area contributed by atoms with Crippen LogP contribution in [-0.4, -0.2) is 82.3 Å². The minimum atomic E-state index is -1.62. The molecule has 0 heterocycles. The fourth-order valence-corrected chi connectivity index (χ4v) is 9.56. The maximum atomic E-state index is 12.9. The van der Waals surface area contributed by atoms with E-state index in [1.807, 2.05) is 21.1 Å². The number of likely N-dealkylation sites (N-methyl/N-ethyl adjacent to an activating group) is 1. The highest BCUT2D eigenvalue weighted by molar-refractivity contribution is 5.70. The van der Waals surface area contributed by atoms with E-state index in [4.69, 9.17) is 18.9 Å². The van der Waals surface area contributed by atoms with Gasteiger partial charge in [-0.05, 0) is 70.6 Å². The average molecular weight is 1070 g/mol. The number of allylic oxidation sites excluding steroid dienone is 6. The Bertz CT molecular complexity index is 1340. The van der Waals surface area contributed by atoms with Crippen molar-refractivity contribution in [2.45, 2.75) is 328 Å². The topological polar surface area (TPSA) is 111 Å². The maximum absolute atomic E-state index is 12.9. The third-order valence-electron chi connectivity index (χ3n) is 14.6. The molecule has 0 bridgehead atoms. The third kappa shape index (κ3) is 59.2. The van der Waals surface area contributed by atoms with Crippen molar-refractivity contribution >= 4 is 17.9 Å². The summed E-state index contributed by atoms with van der Waals surface area (Å²) < 4.78 is 22.7. The van der Waals surface area contributed by atoms with Gasteiger partial charge in [-0.1, -0.05) is 269 Å². The van der Waals surface area contributed by atoms with Gasteiger partial charge in [0.2, 0.25) is 0 Å². The van der Waals surface area contributed by atoms with Crippen molar-refractivity contribution in [2.24, 2.45) is 0 Å². The number of carboxylic acid groups (broad SMARTS) is 1. The summed E-state index contributed by atoms with van der Waals surface area (Å²) >= 11 is 0. The van der Waals surface area contributed by atoms with Crippen LogP contribution in [-0.2, 0) is 33.3 Å². The fraction of sp³-hybridized carbons (Fsp3) is 0.866. The number of rotatable bonds is 61. The van der Waals surface area contributed by atoms with E-state index >= 15 is 0 Å². The lowest BCUT2D eigenvalue weighted by Crippen LogP contribution is -2.44. The zero-order chi connectivity index (χ0) is 55.5. The summed E-state index contributed by atoms with van der Waals surface area (Å²) in [6, 6.07) is 0. The molecule has 2 atom stereocenters. The highest BCUT2D eigenvalue weighted by Gasteiger charge is 2.22. The molecule has 2 unspecified atom stereocenters. The lowest BCUT2D eigenvalue weighted by atomic mass is 10.0. The van der Waals surface area contributed by atoms with Crippen LogP contribution < -0.4 is 5.11 Å². The summed E-state index contributed by atoms with van der Waals surface area (Å²) in [5, 5.41) is 11.8. The van der Waals surface area contributed by atoms with Crippen molar-refractivity contribution in [3.8, 4) is 0 Å². The number of carboxylic acids is 1. The van der Waals surface area contributed by atoms with Crippen molar-refractivity contribution in [3.63, 3.8) is 0 Å². The molecule has 0 aromatic carbocycles. The largest absolute Gasteiger partial charge is 0.545 e. The number of carbonyl (C=O) groups excluding carboxylic acids is 3. The van der Waals surface area contributed by atoms with Crippen LogP contribution >= 0.6 is 0 Å². The van der Waals surface area contributed by atoms with Crippen molar-refractivity contribution in [1.82, 2.24) is 0 Å². The molecule has 9 nitrogen and oxygen atoms in total. The number of esters is 2. The molecule has 0 radical (unpaired) electrons. The van der Waals surface area contributed by atoms with Gasteiger partial charge < -0.3 is 33.3 Å². The molecule has 0 fully saturated rings. The molecule has 0 aromatic heterocycles. The normalized spacial score (nSPS) is 12.9. The predicted octanol–water partition coefficient (Wildman–Crippen LogP) is 18.3.